The first-order valence-electron chi connectivity index (χ1n) is 6.82. The summed E-state index contributed by atoms with van der Waals surface area (Å²) in [4.78, 5) is 13.2. The highest BCUT2D eigenvalue weighted by Gasteiger charge is 2.39. The van der Waals surface area contributed by atoms with Crippen LogP contribution in [0.25, 0.3) is 0 Å². The zero-order valence-electron chi connectivity index (χ0n) is 12.3. The lowest BCUT2D eigenvalue weighted by Gasteiger charge is -2.27. The van der Waals surface area contributed by atoms with Gasteiger partial charge in [0.25, 0.3) is 0 Å². The number of benzene rings is 1. The molecule has 4 nitrogen and oxygen atoms in total. The Hall–Kier alpha value is -1.33. The first-order valence-corrected chi connectivity index (χ1v) is 7.20. The number of aliphatic hydroxyl groups is 1. The second-order valence-corrected chi connectivity index (χ2v) is 6.53. The Morgan fingerprint density at radius 3 is 2.76 bits per heavy atom. The molecule has 0 radical (unpaired) electrons. The maximum absolute atomic E-state index is 14.0. The molecule has 1 fully saturated rings. The second-order valence-electron chi connectivity index (χ2n) is 6.13. The molecule has 1 aromatic rings. The predicted molar refractivity (Wildman–Crippen MR) is 77.7 cm³/mol. The van der Waals surface area contributed by atoms with Crippen molar-refractivity contribution < 1.29 is 19.0 Å². The minimum absolute atomic E-state index is 0.00965. The van der Waals surface area contributed by atoms with Gasteiger partial charge in [0.1, 0.15) is 17.6 Å². The third-order valence-electron chi connectivity index (χ3n) is 3.37. The van der Waals surface area contributed by atoms with Gasteiger partial charge in [-0.3, -0.25) is 4.90 Å². The quantitative estimate of drug-likeness (QED) is 0.862. The molecule has 0 unspecified atom stereocenters. The highest BCUT2D eigenvalue weighted by molar-refractivity contribution is 6.30. The molecule has 2 atom stereocenters. The normalized spacial score (nSPS) is 22.5. The summed E-state index contributed by atoms with van der Waals surface area (Å²) in [5.74, 6) is -1.05. The van der Waals surface area contributed by atoms with Crippen LogP contribution in [0.5, 0.6) is 0 Å². The smallest absolute Gasteiger partial charge is 0.412 e. The molecule has 6 heteroatoms. The summed E-state index contributed by atoms with van der Waals surface area (Å²) >= 11 is 5.76. The first-order chi connectivity index (χ1) is 9.70. The number of halogens is 2. The average molecular weight is 316 g/mol. The van der Waals surface area contributed by atoms with Crippen LogP contribution in [0, 0.1) is 5.82 Å². The molecule has 1 aliphatic rings. The monoisotopic (exact) mass is 315 g/mol. The number of hydrogen-bond acceptors (Lipinski definition) is 3. The molecule has 0 saturated carbocycles. The molecule has 1 saturated heterocycles. The van der Waals surface area contributed by atoms with Gasteiger partial charge in [-0.05, 0) is 38.8 Å². The Morgan fingerprint density at radius 1 is 1.48 bits per heavy atom. The minimum atomic E-state index is -1.12. The fourth-order valence-electron chi connectivity index (χ4n) is 2.42. The molecular weight excluding hydrogens is 297 g/mol. The van der Waals surface area contributed by atoms with Crippen LogP contribution in [-0.2, 0) is 4.74 Å². The van der Waals surface area contributed by atoms with E-state index in [0.717, 1.165) is 0 Å². The maximum atomic E-state index is 14.0. The summed E-state index contributed by atoms with van der Waals surface area (Å²) in [5.41, 5.74) is -0.322. The van der Waals surface area contributed by atoms with Gasteiger partial charge in [0.15, 0.2) is 0 Å². The zero-order chi connectivity index (χ0) is 15.8. The van der Waals surface area contributed by atoms with Crippen molar-refractivity contribution in [1.82, 2.24) is 4.90 Å². The molecular formula is C15H19ClFNO3. The minimum Gasteiger partial charge on any atom is -0.444 e. The van der Waals surface area contributed by atoms with Crippen molar-refractivity contribution in [1.29, 1.82) is 0 Å². The van der Waals surface area contributed by atoms with Crippen molar-refractivity contribution in [2.45, 2.75) is 44.9 Å². The molecule has 1 amide bonds. The van der Waals surface area contributed by atoms with Crippen LogP contribution in [0.2, 0.25) is 5.02 Å². The summed E-state index contributed by atoms with van der Waals surface area (Å²) in [6.07, 6.45) is -1.26. The Bertz CT molecular complexity index is 544. The molecule has 0 aliphatic carbocycles. The lowest BCUT2D eigenvalue weighted by atomic mass is 9.96. The summed E-state index contributed by atoms with van der Waals surface area (Å²) in [5, 5.41) is 10.3. The largest absolute Gasteiger partial charge is 0.444 e. The van der Waals surface area contributed by atoms with Gasteiger partial charge in [0.2, 0.25) is 0 Å². The number of hydrogen-bond donors (Lipinski definition) is 1. The van der Waals surface area contributed by atoms with Crippen molar-refractivity contribution in [2.75, 3.05) is 6.54 Å². The Kier molecular flexibility index (Phi) is 4.44. The van der Waals surface area contributed by atoms with E-state index in [0.29, 0.717) is 18.5 Å². The van der Waals surface area contributed by atoms with Gasteiger partial charge in [0.05, 0.1) is 5.02 Å². The number of carbonyl (C=O) groups is 1. The Labute approximate surface area is 128 Å². The van der Waals surface area contributed by atoms with Crippen molar-refractivity contribution in [2.24, 2.45) is 0 Å². The molecule has 1 N–H and O–H groups in total. The van der Waals surface area contributed by atoms with E-state index in [2.05, 4.69) is 0 Å². The lowest BCUT2D eigenvalue weighted by molar-refractivity contribution is -0.0175. The van der Waals surface area contributed by atoms with E-state index in [4.69, 9.17) is 16.3 Å². The van der Waals surface area contributed by atoms with E-state index in [1.54, 1.807) is 32.9 Å². The van der Waals surface area contributed by atoms with E-state index < -0.39 is 29.7 Å². The van der Waals surface area contributed by atoms with Crippen LogP contribution >= 0.6 is 11.6 Å². The number of aliphatic hydroxyl groups excluding tert-OH is 1. The number of carbonyl (C=O) groups excluding carboxylic acids is 1. The lowest BCUT2D eigenvalue weighted by Crippen LogP contribution is -2.41. The molecule has 0 spiro atoms. The molecule has 116 valence electrons. The summed E-state index contributed by atoms with van der Waals surface area (Å²) in [6, 6.07) is 4.66. The molecule has 21 heavy (non-hydrogen) atoms. The number of likely N-dealkylation sites (tertiary alicyclic amines) is 1. The van der Waals surface area contributed by atoms with Gasteiger partial charge in [-0.15, -0.1) is 0 Å². The summed E-state index contributed by atoms with van der Waals surface area (Å²) in [7, 11) is 0. The second kappa shape index (κ2) is 5.81. The van der Waals surface area contributed by atoms with E-state index >= 15 is 0 Å². The highest BCUT2D eigenvalue weighted by Crippen LogP contribution is 2.35. The van der Waals surface area contributed by atoms with E-state index in [9.17, 15) is 14.3 Å². The number of amides is 1. The van der Waals surface area contributed by atoms with Crippen molar-refractivity contribution >= 4 is 17.7 Å². The van der Waals surface area contributed by atoms with E-state index in [1.807, 2.05) is 0 Å². The molecule has 0 aromatic heterocycles. The van der Waals surface area contributed by atoms with Gasteiger partial charge in [-0.25, -0.2) is 9.18 Å². The topological polar surface area (TPSA) is 49.8 Å². The van der Waals surface area contributed by atoms with Crippen molar-refractivity contribution in [3.05, 3.63) is 34.6 Å². The van der Waals surface area contributed by atoms with Crippen LogP contribution in [0.3, 0.4) is 0 Å². The van der Waals surface area contributed by atoms with Crippen molar-refractivity contribution in [3.8, 4) is 0 Å². The van der Waals surface area contributed by atoms with Crippen LogP contribution in [0.4, 0.5) is 9.18 Å². The predicted octanol–water partition coefficient (Wildman–Crippen LogP) is 3.52. The molecule has 2 rings (SSSR count). The van der Waals surface area contributed by atoms with Crippen molar-refractivity contribution in [3.63, 3.8) is 0 Å². The van der Waals surface area contributed by atoms with E-state index in [-0.39, 0.29) is 5.02 Å². The maximum Gasteiger partial charge on any atom is 0.412 e. The van der Waals surface area contributed by atoms with Crippen LogP contribution in [-0.4, -0.2) is 34.5 Å². The Morgan fingerprint density at radius 2 is 2.14 bits per heavy atom. The zero-order valence-corrected chi connectivity index (χ0v) is 13.0. The SMILES string of the molecule is CC(C)(C)OC(=O)N1CC[C@@H](c2cccc(Cl)c2F)[C@@H]1O. The highest BCUT2D eigenvalue weighted by atomic mass is 35.5. The third kappa shape index (κ3) is 3.47. The molecule has 0 bridgehead atoms. The fraction of sp³-hybridized carbons (Fsp3) is 0.533. The number of nitrogens with zero attached hydrogens (tertiary/aromatic N) is 1. The van der Waals surface area contributed by atoms with Crippen LogP contribution < -0.4 is 0 Å². The number of rotatable bonds is 1. The average Bonchev–Trinajstić information content (AvgIpc) is 2.73. The van der Waals surface area contributed by atoms with Gasteiger partial charge in [-0.1, -0.05) is 23.7 Å². The van der Waals surface area contributed by atoms with Gasteiger partial charge in [0, 0.05) is 12.5 Å². The molecule has 1 aromatic carbocycles. The van der Waals surface area contributed by atoms with Crippen LogP contribution in [0.15, 0.2) is 18.2 Å². The van der Waals surface area contributed by atoms with Crippen LogP contribution in [0.1, 0.15) is 38.7 Å². The summed E-state index contributed by atoms with van der Waals surface area (Å²) < 4.78 is 19.3. The first kappa shape index (κ1) is 16.0. The third-order valence-corrected chi connectivity index (χ3v) is 3.66. The van der Waals surface area contributed by atoms with Gasteiger partial charge >= 0.3 is 6.09 Å². The molecule has 1 aliphatic heterocycles. The van der Waals surface area contributed by atoms with E-state index in [1.165, 1.54) is 11.0 Å². The summed E-state index contributed by atoms with van der Waals surface area (Å²) in [6.45, 7) is 5.57. The Balaban J connectivity index is 2.16. The van der Waals surface area contributed by atoms with Gasteiger partial charge in [-0.2, -0.15) is 0 Å². The van der Waals surface area contributed by atoms with Gasteiger partial charge < -0.3 is 9.84 Å². The standard InChI is InChI=1S/C15H19ClFNO3/c1-15(2,3)21-14(20)18-8-7-10(13(18)19)9-5-4-6-11(16)12(9)17/h4-6,10,13,19H,7-8H2,1-3H3/t10-,13-/m0/s1. The molecule has 1 heterocycles. The fourth-order valence-corrected chi connectivity index (χ4v) is 2.60. The number of ether oxygens (including phenoxy) is 1.